The molecule has 3 rings (SSSR count). The maximum atomic E-state index is 13.5. The van der Waals surface area contributed by atoms with Gasteiger partial charge in [-0.3, -0.25) is 4.79 Å². The van der Waals surface area contributed by atoms with E-state index in [-0.39, 0.29) is 22.0 Å². The summed E-state index contributed by atoms with van der Waals surface area (Å²) in [6.07, 6.45) is -6.03. The fraction of sp³-hybridized carbons (Fsp3) is 0.211. The Morgan fingerprint density at radius 1 is 1.21 bits per heavy atom. The first-order valence-electron chi connectivity index (χ1n) is 8.13. The lowest BCUT2D eigenvalue weighted by atomic mass is 10.0. The van der Waals surface area contributed by atoms with Crippen LogP contribution < -0.4 is 4.74 Å². The monoisotopic (exact) mass is 389 g/mol. The van der Waals surface area contributed by atoms with Gasteiger partial charge in [-0.05, 0) is 17.7 Å². The molecule has 0 unspecified atom stereocenters. The minimum absolute atomic E-state index is 0.00429. The first kappa shape index (κ1) is 19.4. The number of rotatable bonds is 4. The number of aliphatic hydroxyl groups is 1. The molecule has 0 aliphatic carbocycles. The molecule has 0 spiro atoms. The smallest absolute Gasteiger partial charge is 0.438 e. The van der Waals surface area contributed by atoms with Crippen LogP contribution in [0.2, 0.25) is 0 Å². The molecule has 0 bridgehead atoms. The summed E-state index contributed by atoms with van der Waals surface area (Å²) in [5, 5.41) is 23.0. The van der Waals surface area contributed by atoms with E-state index >= 15 is 0 Å². The lowest BCUT2D eigenvalue weighted by molar-refractivity contribution is -0.302. The minimum Gasteiger partial charge on any atom is -0.482 e. The molecule has 2 aromatic carbocycles. The summed E-state index contributed by atoms with van der Waals surface area (Å²) in [6.45, 7) is -0.831. The van der Waals surface area contributed by atoms with Crippen LogP contribution in [0.5, 0.6) is 5.75 Å². The average molecular weight is 389 g/mol. The van der Waals surface area contributed by atoms with Crippen molar-refractivity contribution in [2.24, 2.45) is 5.10 Å². The molecule has 0 fully saturated rings. The third kappa shape index (κ3) is 3.54. The van der Waals surface area contributed by atoms with Crippen LogP contribution in [0.4, 0.5) is 13.2 Å². The molecular weight excluding hydrogens is 375 g/mol. The van der Waals surface area contributed by atoms with Gasteiger partial charge in [0, 0.05) is 0 Å². The zero-order chi connectivity index (χ0) is 20.4. The number of amides is 1. The van der Waals surface area contributed by atoms with E-state index in [1.807, 2.05) is 6.07 Å². The number of carbonyl (C=O) groups is 1. The molecule has 6 nitrogen and oxygen atoms in total. The quantitative estimate of drug-likeness (QED) is 0.871. The highest BCUT2D eigenvalue weighted by molar-refractivity contribution is 6.03. The number of halogens is 3. The van der Waals surface area contributed by atoms with Crippen molar-refractivity contribution in [1.82, 2.24) is 5.01 Å². The summed E-state index contributed by atoms with van der Waals surface area (Å²) in [5.41, 5.74) is -3.08. The van der Waals surface area contributed by atoms with Crippen LogP contribution in [0, 0.1) is 11.3 Å². The molecule has 1 amide bonds. The van der Waals surface area contributed by atoms with Crippen molar-refractivity contribution < 1.29 is 27.8 Å². The topological polar surface area (TPSA) is 85.9 Å². The van der Waals surface area contributed by atoms with Crippen LogP contribution in [0.25, 0.3) is 0 Å². The fourth-order valence-corrected chi connectivity index (χ4v) is 2.71. The number of hydrogen-bond donors (Lipinski definition) is 1. The Morgan fingerprint density at radius 2 is 1.86 bits per heavy atom. The van der Waals surface area contributed by atoms with Gasteiger partial charge in [-0.1, -0.05) is 42.5 Å². The standard InChI is InChI=1S/C19H14F3N3O3/c20-19(21,22)18(27)10-15(13-6-2-1-3-7-13)24-25(18)17(26)12-28-16-9-5-4-8-14(16)11-23/h1-9,27H,10,12H2/t18-/m1/s1. The van der Waals surface area contributed by atoms with E-state index in [0.717, 1.165) is 0 Å². The highest BCUT2D eigenvalue weighted by atomic mass is 19.4. The number of carbonyl (C=O) groups excluding carboxylic acids is 1. The lowest BCUT2D eigenvalue weighted by Gasteiger charge is -2.32. The second kappa shape index (κ2) is 7.32. The Morgan fingerprint density at radius 3 is 2.50 bits per heavy atom. The molecule has 1 atom stereocenters. The molecular formula is C19H14F3N3O3. The van der Waals surface area contributed by atoms with Crippen molar-refractivity contribution in [3.63, 3.8) is 0 Å². The molecule has 0 aromatic heterocycles. The summed E-state index contributed by atoms with van der Waals surface area (Å²) < 4.78 is 45.8. The molecule has 2 aromatic rings. The van der Waals surface area contributed by atoms with Crippen molar-refractivity contribution in [3.8, 4) is 11.8 Å². The average Bonchev–Trinajstić information content (AvgIpc) is 3.06. The van der Waals surface area contributed by atoms with Gasteiger partial charge in [0.15, 0.2) is 6.61 Å². The maximum absolute atomic E-state index is 13.5. The van der Waals surface area contributed by atoms with E-state index in [9.17, 15) is 23.1 Å². The van der Waals surface area contributed by atoms with E-state index in [1.54, 1.807) is 30.3 Å². The second-order valence-electron chi connectivity index (χ2n) is 6.01. The Hall–Kier alpha value is -3.38. The van der Waals surface area contributed by atoms with Crippen LogP contribution in [-0.4, -0.2) is 40.2 Å². The number of hydrazone groups is 1. The molecule has 0 radical (unpaired) electrons. The SMILES string of the molecule is N#Cc1ccccc1OCC(=O)N1N=C(c2ccccc2)C[C@@]1(O)C(F)(F)F. The van der Waals surface area contributed by atoms with Gasteiger partial charge in [0.25, 0.3) is 11.6 Å². The first-order chi connectivity index (χ1) is 13.3. The molecule has 0 saturated heterocycles. The molecule has 28 heavy (non-hydrogen) atoms. The molecule has 1 heterocycles. The van der Waals surface area contributed by atoms with Gasteiger partial charge in [-0.2, -0.15) is 28.5 Å². The Balaban J connectivity index is 1.86. The van der Waals surface area contributed by atoms with Crippen LogP contribution in [0.15, 0.2) is 59.7 Å². The summed E-state index contributed by atoms with van der Waals surface area (Å²) >= 11 is 0. The van der Waals surface area contributed by atoms with Gasteiger partial charge >= 0.3 is 6.18 Å². The van der Waals surface area contributed by atoms with Crippen molar-refractivity contribution in [2.75, 3.05) is 6.61 Å². The van der Waals surface area contributed by atoms with Crippen molar-refractivity contribution >= 4 is 11.6 Å². The van der Waals surface area contributed by atoms with E-state index in [0.29, 0.717) is 5.56 Å². The van der Waals surface area contributed by atoms with Gasteiger partial charge in [-0.25, -0.2) is 0 Å². The van der Waals surface area contributed by atoms with E-state index in [1.165, 1.54) is 24.3 Å². The predicted molar refractivity (Wildman–Crippen MR) is 92.1 cm³/mol. The number of nitriles is 1. The zero-order valence-electron chi connectivity index (χ0n) is 14.3. The van der Waals surface area contributed by atoms with Gasteiger partial charge < -0.3 is 9.84 Å². The van der Waals surface area contributed by atoms with Gasteiger partial charge in [0.1, 0.15) is 11.8 Å². The highest BCUT2D eigenvalue weighted by Crippen LogP contribution is 2.41. The predicted octanol–water partition coefficient (Wildman–Crippen LogP) is 2.82. The van der Waals surface area contributed by atoms with Crippen LogP contribution in [-0.2, 0) is 4.79 Å². The van der Waals surface area contributed by atoms with E-state index < -0.39 is 30.8 Å². The number of benzene rings is 2. The van der Waals surface area contributed by atoms with Crippen LogP contribution in [0.1, 0.15) is 17.5 Å². The Labute approximate surface area is 158 Å². The number of nitrogens with zero attached hydrogens (tertiary/aromatic N) is 3. The molecule has 1 N–H and O–H groups in total. The minimum atomic E-state index is -5.13. The lowest BCUT2D eigenvalue weighted by Crippen LogP contribution is -2.57. The highest BCUT2D eigenvalue weighted by Gasteiger charge is 2.63. The number of ether oxygens (including phenoxy) is 1. The van der Waals surface area contributed by atoms with Crippen molar-refractivity contribution in [2.45, 2.75) is 18.3 Å². The summed E-state index contributed by atoms with van der Waals surface area (Å²) in [4.78, 5) is 12.4. The van der Waals surface area contributed by atoms with E-state index in [4.69, 9.17) is 10.00 Å². The Kier molecular flexibility index (Phi) is 5.07. The molecule has 1 aliphatic rings. The molecule has 144 valence electrons. The summed E-state index contributed by atoms with van der Waals surface area (Å²) in [7, 11) is 0. The number of para-hydroxylation sites is 1. The molecule has 9 heteroatoms. The number of hydrogen-bond acceptors (Lipinski definition) is 5. The zero-order valence-corrected chi connectivity index (χ0v) is 14.3. The molecule has 1 aliphatic heterocycles. The van der Waals surface area contributed by atoms with Gasteiger partial charge in [0.2, 0.25) is 0 Å². The van der Waals surface area contributed by atoms with Crippen LogP contribution >= 0.6 is 0 Å². The van der Waals surface area contributed by atoms with Crippen LogP contribution in [0.3, 0.4) is 0 Å². The summed E-state index contributed by atoms with van der Waals surface area (Å²) in [5.74, 6) is -1.15. The first-order valence-corrected chi connectivity index (χ1v) is 8.13. The fourth-order valence-electron chi connectivity index (χ4n) is 2.71. The third-order valence-corrected chi connectivity index (χ3v) is 4.14. The van der Waals surface area contributed by atoms with E-state index in [2.05, 4.69) is 5.10 Å². The third-order valence-electron chi connectivity index (χ3n) is 4.14. The number of alkyl halides is 3. The van der Waals surface area contributed by atoms with Gasteiger partial charge in [-0.15, -0.1) is 0 Å². The largest absolute Gasteiger partial charge is 0.482 e. The summed E-state index contributed by atoms with van der Waals surface area (Å²) in [6, 6.07) is 15.8. The maximum Gasteiger partial charge on any atom is 0.438 e. The normalized spacial score (nSPS) is 19.1. The second-order valence-corrected chi connectivity index (χ2v) is 6.01. The van der Waals surface area contributed by atoms with Crippen molar-refractivity contribution in [3.05, 3.63) is 65.7 Å². The Bertz CT molecular complexity index is 954. The van der Waals surface area contributed by atoms with Crippen molar-refractivity contribution in [1.29, 1.82) is 5.26 Å². The van der Waals surface area contributed by atoms with Gasteiger partial charge in [0.05, 0.1) is 17.7 Å². The molecule has 0 saturated carbocycles.